The van der Waals surface area contributed by atoms with Crippen LogP contribution in [0, 0.1) is 12.8 Å². The summed E-state index contributed by atoms with van der Waals surface area (Å²) >= 11 is 0. The lowest BCUT2D eigenvalue weighted by Crippen LogP contribution is -2.43. The Morgan fingerprint density at radius 3 is 2.67 bits per heavy atom. The normalized spacial score (nSPS) is 16.9. The number of methoxy groups -OCH3 is 1. The average molecular weight is 371 g/mol. The first-order valence-electron chi connectivity index (χ1n) is 9.20. The van der Waals surface area contributed by atoms with Gasteiger partial charge in [-0.1, -0.05) is 0 Å². The number of likely N-dealkylation sites (tertiary alicyclic amines) is 1. The number of hydrogen-bond acceptors (Lipinski definition) is 5. The molecule has 2 aromatic rings. The largest absolute Gasteiger partial charge is 0.497 e. The molecule has 27 heavy (non-hydrogen) atoms. The predicted molar refractivity (Wildman–Crippen MR) is 100 cm³/mol. The van der Waals surface area contributed by atoms with Crippen LogP contribution in [0.5, 0.6) is 5.75 Å². The van der Waals surface area contributed by atoms with Crippen LogP contribution in [0.4, 0.5) is 0 Å². The van der Waals surface area contributed by atoms with E-state index < -0.39 is 0 Å². The summed E-state index contributed by atoms with van der Waals surface area (Å²) in [4.78, 5) is 26.7. The molecule has 7 nitrogen and oxygen atoms in total. The smallest absolute Gasteiger partial charge is 0.310 e. The van der Waals surface area contributed by atoms with Crippen LogP contribution in [0.25, 0.3) is 5.69 Å². The molecule has 0 spiro atoms. The second-order valence-electron chi connectivity index (χ2n) is 6.60. The van der Waals surface area contributed by atoms with Crippen LogP contribution in [0.15, 0.2) is 30.5 Å². The highest BCUT2D eigenvalue weighted by molar-refractivity contribution is 5.95. The molecule has 0 aliphatic carbocycles. The number of nitrogens with zero attached hydrogens (tertiary/aromatic N) is 3. The molecular weight excluding hydrogens is 346 g/mol. The Hall–Kier alpha value is -2.83. The number of aromatic nitrogens is 2. The third-order valence-electron chi connectivity index (χ3n) is 4.89. The van der Waals surface area contributed by atoms with Gasteiger partial charge in [-0.2, -0.15) is 5.10 Å². The number of carbonyl (C=O) groups excluding carboxylic acids is 2. The van der Waals surface area contributed by atoms with Gasteiger partial charge < -0.3 is 14.4 Å². The number of carbonyl (C=O) groups is 2. The van der Waals surface area contributed by atoms with Crippen molar-refractivity contribution in [1.29, 1.82) is 0 Å². The maximum absolute atomic E-state index is 13.0. The van der Waals surface area contributed by atoms with Crippen molar-refractivity contribution in [2.24, 2.45) is 5.92 Å². The fourth-order valence-electron chi connectivity index (χ4n) is 3.39. The standard InChI is InChI=1S/C20H25N3O4/c1-4-27-20(25)15-6-5-11-22(13-15)19(24)18-12-21-23(14(18)2)16-7-9-17(26-3)10-8-16/h7-10,12,15H,4-6,11,13H2,1-3H3/t15-/m1/s1. The average Bonchev–Trinajstić information content (AvgIpc) is 3.09. The highest BCUT2D eigenvalue weighted by atomic mass is 16.5. The minimum Gasteiger partial charge on any atom is -0.497 e. The molecule has 1 aliphatic rings. The molecule has 1 aliphatic heterocycles. The first kappa shape index (κ1) is 18.9. The van der Waals surface area contributed by atoms with Crippen molar-refractivity contribution in [1.82, 2.24) is 14.7 Å². The molecule has 2 heterocycles. The van der Waals surface area contributed by atoms with E-state index in [1.807, 2.05) is 31.2 Å². The summed E-state index contributed by atoms with van der Waals surface area (Å²) in [6, 6.07) is 7.49. The lowest BCUT2D eigenvalue weighted by molar-refractivity contribution is -0.149. The van der Waals surface area contributed by atoms with Gasteiger partial charge in [-0.25, -0.2) is 4.68 Å². The van der Waals surface area contributed by atoms with Gasteiger partial charge in [0.2, 0.25) is 0 Å². The Morgan fingerprint density at radius 1 is 1.26 bits per heavy atom. The molecule has 0 bridgehead atoms. The van der Waals surface area contributed by atoms with Crippen molar-refractivity contribution in [3.63, 3.8) is 0 Å². The van der Waals surface area contributed by atoms with Crippen LogP contribution in [0.3, 0.4) is 0 Å². The molecule has 1 amide bonds. The van der Waals surface area contributed by atoms with E-state index in [4.69, 9.17) is 9.47 Å². The second-order valence-corrected chi connectivity index (χ2v) is 6.60. The zero-order valence-corrected chi connectivity index (χ0v) is 16.0. The summed E-state index contributed by atoms with van der Waals surface area (Å²) in [7, 11) is 1.62. The van der Waals surface area contributed by atoms with Gasteiger partial charge in [0, 0.05) is 13.1 Å². The van der Waals surface area contributed by atoms with Crippen molar-refractivity contribution in [3.05, 3.63) is 41.7 Å². The van der Waals surface area contributed by atoms with Crippen molar-refractivity contribution in [2.75, 3.05) is 26.8 Å². The summed E-state index contributed by atoms with van der Waals surface area (Å²) in [6.45, 7) is 5.06. The molecular formula is C20H25N3O4. The lowest BCUT2D eigenvalue weighted by Gasteiger charge is -2.31. The highest BCUT2D eigenvalue weighted by Crippen LogP contribution is 2.23. The zero-order valence-electron chi connectivity index (χ0n) is 16.0. The van der Waals surface area contributed by atoms with Gasteiger partial charge in [0.15, 0.2) is 0 Å². The third kappa shape index (κ3) is 3.97. The van der Waals surface area contributed by atoms with E-state index in [-0.39, 0.29) is 17.8 Å². The maximum atomic E-state index is 13.0. The number of hydrogen-bond donors (Lipinski definition) is 0. The minimum atomic E-state index is -0.250. The third-order valence-corrected chi connectivity index (χ3v) is 4.89. The van der Waals surface area contributed by atoms with Gasteiger partial charge in [-0.15, -0.1) is 0 Å². The molecule has 1 aromatic carbocycles. The van der Waals surface area contributed by atoms with Gasteiger partial charge in [-0.3, -0.25) is 9.59 Å². The second kappa shape index (κ2) is 8.24. The van der Waals surface area contributed by atoms with Crippen LogP contribution in [0.1, 0.15) is 35.8 Å². The Labute approximate surface area is 158 Å². The number of esters is 1. The van der Waals surface area contributed by atoms with Crippen LogP contribution < -0.4 is 4.74 Å². The SMILES string of the molecule is CCOC(=O)[C@@H]1CCCN(C(=O)c2cnn(-c3ccc(OC)cc3)c2C)C1. The fraction of sp³-hybridized carbons (Fsp3) is 0.450. The monoisotopic (exact) mass is 371 g/mol. The molecule has 0 N–H and O–H groups in total. The van der Waals surface area contributed by atoms with Crippen LogP contribution in [-0.2, 0) is 9.53 Å². The highest BCUT2D eigenvalue weighted by Gasteiger charge is 2.31. The topological polar surface area (TPSA) is 73.7 Å². The molecule has 0 saturated carbocycles. The lowest BCUT2D eigenvalue weighted by atomic mass is 9.97. The summed E-state index contributed by atoms with van der Waals surface area (Å²) in [5.41, 5.74) is 2.18. The predicted octanol–water partition coefficient (Wildman–Crippen LogP) is 2.60. The van der Waals surface area contributed by atoms with Gasteiger partial charge in [-0.05, 0) is 51.0 Å². The zero-order chi connectivity index (χ0) is 19.4. The molecule has 1 aromatic heterocycles. The summed E-state index contributed by atoms with van der Waals surface area (Å²) in [5, 5.41) is 4.38. The van der Waals surface area contributed by atoms with E-state index in [1.54, 1.807) is 29.8 Å². The Bertz CT molecular complexity index is 813. The molecule has 0 radical (unpaired) electrons. The molecule has 1 saturated heterocycles. The number of benzene rings is 1. The number of piperidine rings is 1. The van der Waals surface area contributed by atoms with Gasteiger partial charge in [0.1, 0.15) is 5.75 Å². The number of amides is 1. The summed E-state index contributed by atoms with van der Waals surface area (Å²) < 4.78 is 12.0. The van der Waals surface area contributed by atoms with E-state index in [1.165, 1.54) is 0 Å². The van der Waals surface area contributed by atoms with Crippen LogP contribution >= 0.6 is 0 Å². The first-order chi connectivity index (χ1) is 13.0. The Kier molecular flexibility index (Phi) is 5.78. The quantitative estimate of drug-likeness (QED) is 0.756. The summed E-state index contributed by atoms with van der Waals surface area (Å²) in [6.07, 6.45) is 3.14. The van der Waals surface area contributed by atoms with Gasteiger partial charge >= 0.3 is 5.97 Å². The van der Waals surface area contributed by atoms with E-state index in [0.717, 1.165) is 30.0 Å². The molecule has 1 fully saturated rings. The molecule has 7 heteroatoms. The Balaban J connectivity index is 1.77. The summed E-state index contributed by atoms with van der Waals surface area (Å²) in [5.74, 6) is 0.194. The van der Waals surface area contributed by atoms with Crippen molar-refractivity contribution in [3.8, 4) is 11.4 Å². The molecule has 144 valence electrons. The van der Waals surface area contributed by atoms with Gasteiger partial charge in [0.25, 0.3) is 5.91 Å². The maximum Gasteiger partial charge on any atom is 0.310 e. The van der Waals surface area contributed by atoms with Crippen LogP contribution in [0.2, 0.25) is 0 Å². The van der Waals surface area contributed by atoms with Crippen LogP contribution in [-0.4, -0.2) is 53.4 Å². The molecule has 3 rings (SSSR count). The first-order valence-corrected chi connectivity index (χ1v) is 9.20. The van der Waals surface area contributed by atoms with Crippen molar-refractivity contribution < 1.29 is 19.1 Å². The van der Waals surface area contributed by atoms with E-state index in [9.17, 15) is 9.59 Å². The van der Waals surface area contributed by atoms with E-state index >= 15 is 0 Å². The van der Waals surface area contributed by atoms with E-state index in [0.29, 0.717) is 25.3 Å². The minimum absolute atomic E-state index is 0.0961. The number of rotatable bonds is 5. The van der Waals surface area contributed by atoms with Crippen molar-refractivity contribution >= 4 is 11.9 Å². The number of ether oxygens (including phenoxy) is 2. The van der Waals surface area contributed by atoms with Crippen molar-refractivity contribution in [2.45, 2.75) is 26.7 Å². The molecule has 0 unspecified atom stereocenters. The van der Waals surface area contributed by atoms with Gasteiger partial charge in [0.05, 0.1) is 42.8 Å². The fourth-order valence-corrected chi connectivity index (χ4v) is 3.39. The molecule has 1 atom stereocenters. The Morgan fingerprint density at radius 2 is 2.00 bits per heavy atom. The van der Waals surface area contributed by atoms with E-state index in [2.05, 4.69) is 5.10 Å².